The maximum Gasteiger partial charge on any atom is 0.226 e. The summed E-state index contributed by atoms with van der Waals surface area (Å²) in [6.07, 6.45) is 0.0727. The van der Waals surface area contributed by atoms with E-state index in [0.29, 0.717) is 11.4 Å². The lowest BCUT2D eigenvalue weighted by atomic mass is 9.87. The standard InChI is InChI=1S/C23H19N3O3/c1-13-7-9-16(10-8-13)26-23-21(14(2)25-26)17(12-20(27)24-23)22(28)19-11-15-5-3-4-6-18(15)29-19/h3-11,17H,12H2,1-2H3,(H,24,27)/t17-/m0/s1. The normalized spacial score (nSPS) is 15.9. The summed E-state index contributed by atoms with van der Waals surface area (Å²) in [4.78, 5) is 25.8. The Morgan fingerprint density at radius 3 is 2.66 bits per heavy atom. The monoisotopic (exact) mass is 385 g/mol. The van der Waals surface area contributed by atoms with Gasteiger partial charge in [-0.1, -0.05) is 35.9 Å². The molecule has 0 saturated carbocycles. The zero-order chi connectivity index (χ0) is 20.1. The Morgan fingerprint density at radius 2 is 1.90 bits per heavy atom. The number of hydrogen-bond acceptors (Lipinski definition) is 4. The van der Waals surface area contributed by atoms with Crippen molar-refractivity contribution in [2.24, 2.45) is 0 Å². The molecule has 29 heavy (non-hydrogen) atoms. The number of anilines is 1. The van der Waals surface area contributed by atoms with E-state index >= 15 is 0 Å². The van der Waals surface area contributed by atoms with Crippen molar-refractivity contribution in [1.29, 1.82) is 0 Å². The molecule has 0 saturated heterocycles. The fourth-order valence-corrected chi connectivity index (χ4v) is 3.92. The summed E-state index contributed by atoms with van der Waals surface area (Å²) >= 11 is 0. The number of furan rings is 1. The van der Waals surface area contributed by atoms with Gasteiger partial charge in [-0.05, 0) is 38.1 Å². The van der Waals surface area contributed by atoms with Gasteiger partial charge >= 0.3 is 0 Å². The number of Topliss-reactive ketones (excluding diaryl/α,β-unsaturated/α-hetero) is 1. The number of rotatable bonds is 3. The lowest BCUT2D eigenvalue weighted by molar-refractivity contribution is -0.116. The number of carbonyl (C=O) groups is 2. The molecule has 1 aliphatic heterocycles. The number of aryl methyl sites for hydroxylation is 2. The molecule has 1 N–H and O–H groups in total. The van der Waals surface area contributed by atoms with Crippen molar-refractivity contribution in [3.8, 4) is 5.69 Å². The number of fused-ring (bicyclic) bond motifs is 2. The highest BCUT2D eigenvalue weighted by Crippen LogP contribution is 2.38. The van der Waals surface area contributed by atoms with Crippen LogP contribution in [0.15, 0.2) is 59.0 Å². The summed E-state index contributed by atoms with van der Waals surface area (Å²) in [6, 6.07) is 17.1. The molecule has 0 radical (unpaired) electrons. The van der Waals surface area contributed by atoms with E-state index in [1.807, 2.05) is 62.4 Å². The fraction of sp³-hybridized carbons (Fsp3) is 0.174. The van der Waals surface area contributed by atoms with E-state index in [1.165, 1.54) is 0 Å². The molecule has 2 aromatic heterocycles. The van der Waals surface area contributed by atoms with Crippen LogP contribution in [0.4, 0.5) is 5.82 Å². The van der Waals surface area contributed by atoms with E-state index in [1.54, 1.807) is 10.7 Å². The second kappa shape index (κ2) is 6.44. The SMILES string of the molecule is Cc1ccc(-n2nc(C)c3c2NC(=O)C[C@@H]3C(=O)c2cc3ccccc3o2)cc1. The first kappa shape index (κ1) is 17.4. The highest BCUT2D eigenvalue weighted by molar-refractivity contribution is 6.08. The average molecular weight is 385 g/mol. The van der Waals surface area contributed by atoms with Crippen LogP contribution in [0.2, 0.25) is 0 Å². The van der Waals surface area contributed by atoms with Gasteiger partial charge in [0.15, 0.2) is 5.76 Å². The van der Waals surface area contributed by atoms with Gasteiger partial charge in [0.1, 0.15) is 11.4 Å². The second-order valence-electron chi connectivity index (χ2n) is 7.41. The van der Waals surface area contributed by atoms with E-state index in [9.17, 15) is 9.59 Å². The predicted octanol–water partition coefficient (Wildman–Crippen LogP) is 4.54. The highest BCUT2D eigenvalue weighted by atomic mass is 16.3. The second-order valence-corrected chi connectivity index (χ2v) is 7.41. The van der Waals surface area contributed by atoms with Gasteiger partial charge in [-0.15, -0.1) is 0 Å². The molecule has 0 aliphatic carbocycles. The number of aromatic nitrogens is 2. The Kier molecular flexibility index (Phi) is 3.87. The van der Waals surface area contributed by atoms with E-state index in [0.717, 1.165) is 27.9 Å². The zero-order valence-electron chi connectivity index (χ0n) is 16.1. The van der Waals surface area contributed by atoms with Crippen LogP contribution in [0.5, 0.6) is 0 Å². The molecule has 144 valence electrons. The van der Waals surface area contributed by atoms with Crippen molar-refractivity contribution >= 4 is 28.5 Å². The van der Waals surface area contributed by atoms with Gasteiger partial charge in [0.2, 0.25) is 11.7 Å². The molecule has 0 bridgehead atoms. The van der Waals surface area contributed by atoms with Gasteiger partial charge in [0.25, 0.3) is 0 Å². The first-order valence-corrected chi connectivity index (χ1v) is 9.50. The third-order valence-electron chi connectivity index (χ3n) is 5.37. The molecule has 2 aromatic carbocycles. The molecule has 0 unspecified atom stereocenters. The molecule has 1 amide bonds. The molecule has 3 heterocycles. The van der Waals surface area contributed by atoms with Crippen molar-refractivity contribution in [2.75, 3.05) is 5.32 Å². The highest BCUT2D eigenvalue weighted by Gasteiger charge is 2.37. The Hall–Kier alpha value is -3.67. The molecular formula is C23H19N3O3. The third-order valence-corrected chi connectivity index (χ3v) is 5.37. The third kappa shape index (κ3) is 2.84. The number of carbonyl (C=O) groups excluding carboxylic acids is 2. The lowest BCUT2D eigenvalue weighted by Gasteiger charge is -2.22. The van der Waals surface area contributed by atoms with Crippen LogP contribution < -0.4 is 5.32 Å². The van der Waals surface area contributed by atoms with Crippen LogP contribution in [0.1, 0.15) is 39.7 Å². The summed E-state index contributed by atoms with van der Waals surface area (Å²) < 4.78 is 7.46. The van der Waals surface area contributed by atoms with Crippen molar-refractivity contribution in [3.05, 3.63) is 77.2 Å². The minimum absolute atomic E-state index is 0.0727. The fourth-order valence-electron chi connectivity index (χ4n) is 3.92. The smallest absolute Gasteiger partial charge is 0.226 e. The van der Waals surface area contributed by atoms with E-state index in [-0.39, 0.29) is 23.9 Å². The van der Waals surface area contributed by atoms with Crippen molar-refractivity contribution in [3.63, 3.8) is 0 Å². The maximum atomic E-state index is 13.3. The Labute approximate surface area is 167 Å². The number of ketones is 1. The van der Waals surface area contributed by atoms with Crippen LogP contribution in [-0.4, -0.2) is 21.5 Å². The Balaban J connectivity index is 1.61. The number of hydrogen-bond donors (Lipinski definition) is 1. The van der Waals surface area contributed by atoms with E-state index < -0.39 is 5.92 Å². The molecule has 1 aliphatic rings. The van der Waals surface area contributed by atoms with E-state index in [4.69, 9.17) is 4.42 Å². The van der Waals surface area contributed by atoms with Gasteiger partial charge < -0.3 is 9.73 Å². The zero-order valence-corrected chi connectivity index (χ0v) is 16.1. The number of benzene rings is 2. The largest absolute Gasteiger partial charge is 0.453 e. The first-order valence-electron chi connectivity index (χ1n) is 9.50. The van der Waals surface area contributed by atoms with Crippen molar-refractivity contribution in [1.82, 2.24) is 9.78 Å². The molecule has 0 fully saturated rings. The van der Waals surface area contributed by atoms with Crippen molar-refractivity contribution in [2.45, 2.75) is 26.2 Å². The molecule has 6 heteroatoms. The maximum absolute atomic E-state index is 13.3. The van der Waals surface area contributed by atoms with Crippen LogP contribution in [0.25, 0.3) is 16.7 Å². The molecule has 5 rings (SSSR count). The number of para-hydroxylation sites is 1. The van der Waals surface area contributed by atoms with Crippen LogP contribution in [-0.2, 0) is 4.79 Å². The topological polar surface area (TPSA) is 77.1 Å². The number of nitrogens with zero attached hydrogens (tertiary/aromatic N) is 2. The quantitative estimate of drug-likeness (QED) is 0.525. The molecule has 0 spiro atoms. The van der Waals surface area contributed by atoms with Crippen molar-refractivity contribution < 1.29 is 14.0 Å². The van der Waals surface area contributed by atoms with Gasteiger partial charge in [0, 0.05) is 17.4 Å². The number of amides is 1. The first-order chi connectivity index (χ1) is 14.0. The summed E-state index contributed by atoms with van der Waals surface area (Å²) in [6.45, 7) is 3.87. The summed E-state index contributed by atoms with van der Waals surface area (Å²) in [7, 11) is 0. The molecule has 6 nitrogen and oxygen atoms in total. The van der Waals surface area contributed by atoms with Crippen LogP contribution in [0, 0.1) is 13.8 Å². The summed E-state index contributed by atoms with van der Waals surface area (Å²) in [5.41, 5.74) is 4.08. The summed E-state index contributed by atoms with van der Waals surface area (Å²) in [5, 5.41) is 8.38. The van der Waals surface area contributed by atoms with Gasteiger partial charge in [-0.3, -0.25) is 9.59 Å². The number of nitrogens with one attached hydrogen (secondary N) is 1. The lowest BCUT2D eigenvalue weighted by Crippen LogP contribution is -2.28. The minimum atomic E-state index is -0.626. The minimum Gasteiger partial charge on any atom is -0.453 e. The van der Waals surface area contributed by atoms with Crippen LogP contribution in [0.3, 0.4) is 0 Å². The predicted molar refractivity (Wildman–Crippen MR) is 110 cm³/mol. The Morgan fingerprint density at radius 1 is 1.14 bits per heavy atom. The molecular weight excluding hydrogens is 366 g/mol. The van der Waals surface area contributed by atoms with Crippen LogP contribution >= 0.6 is 0 Å². The van der Waals surface area contributed by atoms with Gasteiger partial charge in [-0.25, -0.2) is 4.68 Å². The average Bonchev–Trinajstić information content (AvgIpc) is 3.29. The Bertz CT molecular complexity index is 1230. The molecule has 4 aromatic rings. The molecule has 1 atom stereocenters. The van der Waals surface area contributed by atoms with E-state index in [2.05, 4.69) is 10.4 Å². The summed E-state index contributed by atoms with van der Waals surface area (Å²) in [5.74, 6) is -0.223. The van der Waals surface area contributed by atoms with Gasteiger partial charge in [0.05, 0.1) is 17.3 Å². The van der Waals surface area contributed by atoms with Gasteiger partial charge in [-0.2, -0.15) is 5.10 Å².